The molecule has 1 amide bonds. The molecule has 2 aliphatic rings. The van der Waals surface area contributed by atoms with Gasteiger partial charge < -0.3 is 9.32 Å². The van der Waals surface area contributed by atoms with Gasteiger partial charge in [-0.15, -0.1) is 0 Å². The Morgan fingerprint density at radius 1 is 1.03 bits per heavy atom. The third kappa shape index (κ3) is 4.10. The van der Waals surface area contributed by atoms with E-state index in [0.29, 0.717) is 39.7 Å². The molecular weight excluding hydrogens is 432 g/mol. The molecule has 5 rings (SSSR count). The van der Waals surface area contributed by atoms with E-state index >= 15 is 0 Å². The first-order chi connectivity index (χ1) is 16.5. The monoisotopic (exact) mass is 456 g/mol. The van der Waals surface area contributed by atoms with Gasteiger partial charge in [-0.2, -0.15) is 10.1 Å². The van der Waals surface area contributed by atoms with Gasteiger partial charge in [-0.25, -0.2) is 0 Å². The number of anilines is 2. The summed E-state index contributed by atoms with van der Waals surface area (Å²) < 4.78 is 5.95. The Morgan fingerprint density at radius 3 is 2.53 bits per heavy atom. The van der Waals surface area contributed by atoms with Crippen LogP contribution < -0.4 is 9.91 Å². The molecule has 2 aliphatic heterocycles. The maximum Gasteiger partial charge on any atom is 0.293 e. The molecule has 3 aromatic rings. The molecule has 0 aliphatic carbocycles. The molecule has 1 fully saturated rings. The number of piperidine rings is 1. The summed E-state index contributed by atoms with van der Waals surface area (Å²) in [6.07, 6.45) is 4.89. The molecule has 172 valence electrons. The number of nitro groups is 1. The van der Waals surface area contributed by atoms with Crippen LogP contribution in [0.4, 0.5) is 17.1 Å². The van der Waals surface area contributed by atoms with Crippen molar-refractivity contribution >= 4 is 34.8 Å². The second-order valence-electron chi connectivity index (χ2n) is 8.41. The summed E-state index contributed by atoms with van der Waals surface area (Å²) in [5.41, 5.74) is 3.06. The minimum atomic E-state index is -0.339. The third-order valence-corrected chi connectivity index (χ3v) is 6.13. The number of carbonyl (C=O) groups excluding carboxylic acids is 1. The summed E-state index contributed by atoms with van der Waals surface area (Å²) in [4.78, 5) is 26.5. The number of benzene rings is 2. The van der Waals surface area contributed by atoms with E-state index in [0.717, 1.165) is 32.4 Å². The Bertz CT molecular complexity index is 1300. The lowest BCUT2D eigenvalue weighted by atomic mass is 10.1. The van der Waals surface area contributed by atoms with E-state index in [2.05, 4.69) is 10.0 Å². The van der Waals surface area contributed by atoms with Crippen LogP contribution in [-0.2, 0) is 4.79 Å². The van der Waals surface area contributed by atoms with E-state index in [-0.39, 0.29) is 16.5 Å². The van der Waals surface area contributed by atoms with Crippen LogP contribution in [0.1, 0.15) is 31.9 Å². The Hall–Kier alpha value is -4.20. The van der Waals surface area contributed by atoms with Gasteiger partial charge >= 0.3 is 0 Å². The van der Waals surface area contributed by atoms with Crippen LogP contribution in [0.2, 0.25) is 0 Å². The Morgan fingerprint density at radius 2 is 1.79 bits per heavy atom. The fourth-order valence-electron chi connectivity index (χ4n) is 4.38. The number of hydrazone groups is 1. The lowest BCUT2D eigenvalue weighted by molar-refractivity contribution is -0.384. The van der Waals surface area contributed by atoms with Crippen LogP contribution in [0.25, 0.3) is 17.4 Å². The van der Waals surface area contributed by atoms with Crippen LogP contribution in [0, 0.1) is 10.1 Å². The minimum Gasteiger partial charge on any atom is -0.457 e. The summed E-state index contributed by atoms with van der Waals surface area (Å²) in [6.45, 7) is 3.43. The molecule has 0 bridgehead atoms. The van der Waals surface area contributed by atoms with E-state index in [1.54, 1.807) is 37.3 Å². The zero-order valence-electron chi connectivity index (χ0n) is 18.8. The fourth-order valence-corrected chi connectivity index (χ4v) is 4.38. The molecule has 1 aromatic heterocycles. The summed E-state index contributed by atoms with van der Waals surface area (Å²) >= 11 is 0. The molecule has 2 aromatic carbocycles. The highest BCUT2D eigenvalue weighted by Crippen LogP contribution is 2.35. The summed E-state index contributed by atoms with van der Waals surface area (Å²) in [6, 6.07) is 17.9. The van der Waals surface area contributed by atoms with Crippen molar-refractivity contribution in [1.82, 2.24) is 0 Å². The highest BCUT2D eigenvalue weighted by molar-refractivity contribution is 6.32. The van der Waals surface area contributed by atoms with Crippen molar-refractivity contribution in [2.24, 2.45) is 5.10 Å². The molecule has 8 nitrogen and oxygen atoms in total. The van der Waals surface area contributed by atoms with E-state index < -0.39 is 0 Å². The van der Waals surface area contributed by atoms with Crippen molar-refractivity contribution < 1.29 is 14.1 Å². The van der Waals surface area contributed by atoms with Gasteiger partial charge in [-0.1, -0.05) is 18.2 Å². The maximum absolute atomic E-state index is 12.9. The Balaban J connectivity index is 1.41. The maximum atomic E-state index is 12.9. The number of hydrogen-bond acceptors (Lipinski definition) is 6. The van der Waals surface area contributed by atoms with Gasteiger partial charge in [0.05, 0.1) is 21.9 Å². The summed E-state index contributed by atoms with van der Waals surface area (Å²) in [7, 11) is 0. The molecule has 3 heterocycles. The number of para-hydroxylation sites is 1. The number of rotatable bonds is 5. The molecule has 0 radical (unpaired) electrons. The Kier molecular flexibility index (Phi) is 5.71. The van der Waals surface area contributed by atoms with Crippen molar-refractivity contribution in [2.75, 3.05) is 23.0 Å². The largest absolute Gasteiger partial charge is 0.457 e. The molecular formula is C26H24N4O4. The number of carbonyl (C=O) groups is 1. The first kappa shape index (κ1) is 21.6. The number of amides is 1. The highest BCUT2D eigenvalue weighted by Gasteiger charge is 2.29. The topological polar surface area (TPSA) is 92.2 Å². The van der Waals surface area contributed by atoms with E-state index in [9.17, 15) is 14.9 Å². The van der Waals surface area contributed by atoms with Crippen molar-refractivity contribution in [2.45, 2.75) is 26.2 Å². The third-order valence-electron chi connectivity index (χ3n) is 6.13. The number of nitrogens with zero attached hydrogens (tertiary/aromatic N) is 4. The first-order valence-corrected chi connectivity index (χ1v) is 11.3. The van der Waals surface area contributed by atoms with Crippen LogP contribution in [0.3, 0.4) is 0 Å². The predicted molar refractivity (Wildman–Crippen MR) is 132 cm³/mol. The lowest BCUT2D eigenvalue weighted by Gasteiger charge is -2.28. The smallest absolute Gasteiger partial charge is 0.293 e. The molecule has 0 atom stereocenters. The van der Waals surface area contributed by atoms with Gasteiger partial charge in [0.25, 0.3) is 11.6 Å². The molecule has 1 saturated heterocycles. The van der Waals surface area contributed by atoms with Gasteiger partial charge in [-0.3, -0.25) is 14.9 Å². The molecule has 34 heavy (non-hydrogen) atoms. The van der Waals surface area contributed by atoms with Gasteiger partial charge in [0.2, 0.25) is 0 Å². The standard InChI is InChI=1S/C26H24N4O4/c1-18-22(26(31)29(27-18)20-8-4-2-5-9-20)17-21-11-13-25(34-21)19-10-12-23(24(16-19)30(32)33)28-14-6-3-7-15-28/h2,4-5,8-13,16-17H,3,6-7,14-15H2,1H3/b22-17+. The number of nitro benzene ring substituents is 1. The van der Waals surface area contributed by atoms with Gasteiger partial charge in [0, 0.05) is 24.7 Å². The Labute approximate surface area is 196 Å². The number of furan rings is 1. The SMILES string of the molecule is CC1=NN(c2ccccc2)C(=O)/C1=C/c1ccc(-c2ccc(N3CCCCC3)c([N+](=O)[O-])c2)o1. The summed E-state index contributed by atoms with van der Waals surface area (Å²) in [5.74, 6) is 0.744. The quantitative estimate of drug-likeness (QED) is 0.281. The van der Waals surface area contributed by atoms with Crippen molar-refractivity contribution in [1.29, 1.82) is 0 Å². The summed E-state index contributed by atoms with van der Waals surface area (Å²) in [5, 5.41) is 17.5. The predicted octanol–water partition coefficient (Wildman–Crippen LogP) is 5.65. The molecule has 0 N–H and O–H groups in total. The normalized spacial score (nSPS) is 17.4. The second kappa shape index (κ2) is 8.97. The molecule has 0 spiro atoms. The van der Waals surface area contributed by atoms with E-state index in [1.807, 2.05) is 36.4 Å². The average molecular weight is 457 g/mol. The van der Waals surface area contributed by atoms with Crippen LogP contribution >= 0.6 is 0 Å². The van der Waals surface area contributed by atoms with Crippen molar-refractivity contribution in [3.8, 4) is 11.3 Å². The first-order valence-electron chi connectivity index (χ1n) is 11.3. The molecule has 0 unspecified atom stereocenters. The van der Waals surface area contributed by atoms with E-state index in [4.69, 9.17) is 4.42 Å². The highest BCUT2D eigenvalue weighted by atomic mass is 16.6. The zero-order chi connectivity index (χ0) is 23.7. The van der Waals surface area contributed by atoms with Crippen molar-refractivity contribution in [3.05, 3.63) is 82.1 Å². The van der Waals surface area contributed by atoms with E-state index in [1.165, 1.54) is 5.01 Å². The average Bonchev–Trinajstić information content (AvgIpc) is 3.45. The molecule has 0 saturated carbocycles. The van der Waals surface area contributed by atoms with Gasteiger partial charge in [0.1, 0.15) is 17.2 Å². The van der Waals surface area contributed by atoms with Crippen LogP contribution in [0.5, 0.6) is 0 Å². The lowest BCUT2D eigenvalue weighted by Crippen LogP contribution is -2.29. The molecule has 8 heteroatoms. The van der Waals surface area contributed by atoms with Crippen molar-refractivity contribution in [3.63, 3.8) is 0 Å². The van der Waals surface area contributed by atoms with Crippen LogP contribution in [0.15, 0.2) is 75.8 Å². The van der Waals surface area contributed by atoms with Gasteiger partial charge in [0.15, 0.2) is 0 Å². The fraction of sp³-hybridized carbons (Fsp3) is 0.231. The zero-order valence-corrected chi connectivity index (χ0v) is 18.8. The minimum absolute atomic E-state index is 0.0724. The number of hydrogen-bond donors (Lipinski definition) is 0. The second-order valence-corrected chi connectivity index (χ2v) is 8.41. The van der Waals surface area contributed by atoms with Crippen LogP contribution in [-0.4, -0.2) is 29.6 Å². The van der Waals surface area contributed by atoms with Gasteiger partial charge in [-0.05, 0) is 68.7 Å².